The summed E-state index contributed by atoms with van der Waals surface area (Å²) < 4.78 is 36.5. The lowest BCUT2D eigenvalue weighted by Gasteiger charge is -2.04. The third kappa shape index (κ3) is 4.92. The van der Waals surface area contributed by atoms with E-state index in [1.807, 2.05) is 0 Å². The van der Waals surface area contributed by atoms with Gasteiger partial charge in [0.15, 0.2) is 11.6 Å². The number of carbonyl (C=O) groups excluding carboxylic acids is 1. The zero-order valence-corrected chi connectivity index (χ0v) is 16.0. The van der Waals surface area contributed by atoms with Gasteiger partial charge in [-0.15, -0.1) is 0 Å². The highest BCUT2D eigenvalue weighted by Crippen LogP contribution is 2.30. The average Bonchev–Trinajstić information content (AvgIpc) is 3.07. The number of nitrogens with one attached hydrogen (secondary N) is 1. The van der Waals surface area contributed by atoms with Crippen LogP contribution in [0, 0.1) is 30.4 Å². The predicted octanol–water partition coefficient (Wildman–Crippen LogP) is 4.39. The van der Waals surface area contributed by atoms with Gasteiger partial charge in [-0.3, -0.25) is 4.79 Å². The fourth-order valence-electron chi connectivity index (χ4n) is 2.51. The molecule has 5 nitrogen and oxygen atoms in total. The highest BCUT2D eigenvalue weighted by Gasteiger charge is 2.22. The molecule has 0 atom stereocenters. The Morgan fingerprint density at radius 1 is 1.24 bits per heavy atom. The number of nitrogens with zero attached hydrogens (tertiary/aromatic N) is 1. The van der Waals surface area contributed by atoms with Gasteiger partial charge in [0.2, 0.25) is 0 Å². The SMILES string of the molecule is Cc1onc(-c2ccccc2Cl)c1C(=O)NCC#CCOc1ccc(F)cc1F. The maximum Gasteiger partial charge on any atom is 0.257 e. The summed E-state index contributed by atoms with van der Waals surface area (Å²) in [4.78, 5) is 12.5. The quantitative estimate of drug-likeness (QED) is 0.626. The largest absolute Gasteiger partial charge is 0.478 e. The molecule has 1 aromatic heterocycles. The van der Waals surface area contributed by atoms with Crippen LogP contribution in [0.4, 0.5) is 8.78 Å². The first-order chi connectivity index (χ1) is 14.0. The van der Waals surface area contributed by atoms with Crippen molar-refractivity contribution < 1.29 is 22.8 Å². The summed E-state index contributed by atoms with van der Waals surface area (Å²) in [6.07, 6.45) is 0. The molecule has 0 saturated heterocycles. The van der Waals surface area contributed by atoms with E-state index in [0.29, 0.717) is 22.0 Å². The minimum Gasteiger partial charge on any atom is -0.478 e. The summed E-state index contributed by atoms with van der Waals surface area (Å²) in [5.41, 5.74) is 1.19. The van der Waals surface area contributed by atoms with E-state index in [0.717, 1.165) is 12.1 Å². The van der Waals surface area contributed by atoms with Crippen LogP contribution < -0.4 is 10.1 Å². The van der Waals surface area contributed by atoms with Gasteiger partial charge in [-0.1, -0.05) is 46.8 Å². The average molecular weight is 417 g/mol. The summed E-state index contributed by atoms with van der Waals surface area (Å²) in [6, 6.07) is 9.97. The van der Waals surface area contributed by atoms with Gasteiger partial charge in [0.1, 0.15) is 29.4 Å². The van der Waals surface area contributed by atoms with Crippen LogP contribution in [-0.4, -0.2) is 24.2 Å². The Morgan fingerprint density at radius 2 is 2.03 bits per heavy atom. The van der Waals surface area contributed by atoms with Crippen LogP contribution >= 0.6 is 11.6 Å². The van der Waals surface area contributed by atoms with E-state index < -0.39 is 17.5 Å². The third-order valence-corrected chi connectivity index (χ3v) is 4.20. The molecule has 0 fully saturated rings. The molecule has 0 saturated carbocycles. The summed E-state index contributed by atoms with van der Waals surface area (Å²) in [5.74, 6) is 3.65. The normalized spacial score (nSPS) is 10.2. The van der Waals surface area contributed by atoms with Crippen molar-refractivity contribution in [3.63, 3.8) is 0 Å². The third-order valence-electron chi connectivity index (χ3n) is 3.87. The van der Waals surface area contributed by atoms with Gasteiger partial charge in [-0.2, -0.15) is 0 Å². The summed E-state index contributed by atoms with van der Waals surface area (Å²) >= 11 is 6.18. The van der Waals surface area contributed by atoms with Crippen molar-refractivity contribution in [2.75, 3.05) is 13.2 Å². The van der Waals surface area contributed by atoms with Gasteiger partial charge in [0.25, 0.3) is 5.91 Å². The van der Waals surface area contributed by atoms with Crippen molar-refractivity contribution in [1.29, 1.82) is 0 Å². The first-order valence-electron chi connectivity index (χ1n) is 8.50. The van der Waals surface area contributed by atoms with Gasteiger partial charge in [-0.25, -0.2) is 8.78 Å². The zero-order chi connectivity index (χ0) is 20.8. The zero-order valence-electron chi connectivity index (χ0n) is 15.3. The molecule has 0 aliphatic heterocycles. The first kappa shape index (κ1) is 20.4. The van der Waals surface area contributed by atoms with Gasteiger partial charge in [-0.05, 0) is 25.1 Å². The maximum absolute atomic E-state index is 13.4. The van der Waals surface area contributed by atoms with Crippen molar-refractivity contribution in [1.82, 2.24) is 10.5 Å². The molecule has 148 valence electrons. The standard InChI is InChI=1S/C21H15ClF2N2O3/c1-13-19(20(26-29-13)15-6-2-3-7-16(15)22)21(27)25-10-4-5-11-28-18-9-8-14(23)12-17(18)24/h2-3,6-9,12H,10-11H2,1H3,(H,25,27). The number of hydrogen-bond donors (Lipinski definition) is 1. The molecule has 29 heavy (non-hydrogen) atoms. The number of amides is 1. The van der Waals surface area contributed by atoms with E-state index in [9.17, 15) is 13.6 Å². The number of rotatable bonds is 5. The van der Waals surface area contributed by atoms with E-state index in [2.05, 4.69) is 22.3 Å². The maximum atomic E-state index is 13.4. The lowest BCUT2D eigenvalue weighted by molar-refractivity contribution is 0.0957. The number of carbonyl (C=O) groups is 1. The monoisotopic (exact) mass is 416 g/mol. The number of aryl methyl sites for hydroxylation is 1. The van der Waals surface area contributed by atoms with Crippen LogP contribution in [0.3, 0.4) is 0 Å². The topological polar surface area (TPSA) is 64.4 Å². The van der Waals surface area contributed by atoms with Crippen LogP contribution in [0.5, 0.6) is 5.75 Å². The van der Waals surface area contributed by atoms with Crippen molar-refractivity contribution >= 4 is 17.5 Å². The molecule has 0 spiro atoms. The van der Waals surface area contributed by atoms with Gasteiger partial charge < -0.3 is 14.6 Å². The molecule has 3 rings (SSSR count). The Balaban J connectivity index is 1.59. The molecule has 0 aliphatic rings. The second kappa shape index (κ2) is 9.22. The lowest BCUT2D eigenvalue weighted by Crippen LogP contribution is -2.24. The number of hydrogen-bond acceptors (Lipinski definition) is 4. The van der Waals surface area contributed by atoms with Gasteiger partial charge in [0, 0.05) is 11.6 Å². The van der Waals surface area contributed by atoms with Crippen LogP contribution in [0.15, 0.2) is 47.0 Å². The molecular weight excluding hydrogens is 402 g/mol. The van der Waals surface area contributed by atoms with E-state index >= 15 is 0 Å². The van der Waals surface area contributed by atoms with Crippen molar-refractivity contribution in [3.8, 4) is 28.8 Å². The lowest BCUT2D eigenvalue weighted by atomic mass is 10.1. The Hall–Kier alpha value is -3.37. The second-order valence-electron chi connectivity index (χ2n) is 5.84. The first-order valence-corrected chi connectivity index (χ1v) is 8.88. The van der Waals surface area contributed by atoms with Crippen LogP contribution in [-0.2, 0) is 0 Å². The second-order valence-corrected chi connectivity index (χ2v) is 6.25. The fourth-order valence-corrected chi connectivity index (χ4v) is 2.73. The molecule has 8 heteroatoms. The molecule has 0 unspecified atom stereocenters. The molecule has 0 bridgehead atoms. The molecule has 1 N–H and O–H groups in total. The minimum absolute atomic E-state index is 0.0284. The smallest absolute Gasteiger partial charge is 0.257 e. The Labute approximate surface area is 170 Å². The van der Waals surface area contributed by atoms with Gasteiger partial charge >= 0.3 is 0 Å². The van der Waals surface area contributed by atoms with E-state index in [1.54, 1.807) is 31.2 Å². The number of halogens is 3. The number of aromatic nitrogens is 1. The number of benzene rings is 2. The molecule has 0 aliphatic carbocycles. The van der Waals surface area contributed by atoms with Crippen LogP contribution in [0.1, 0.15) is 16.1 Å². The highest BCUT2D eigenvalue weighted by atomic mass is 35.5. The van der Waals surface area contributed by atoms with E-state index in [4.69, 9.17) is 20.9 Å². The Morgan fingerprint density at radius 3 is 2.79 bits per heavy atom. The minimum atomic E-state index is -0.810. The molecule has 1 amide bonds. The summed E-state index contributed by atoms with van der Waals surface area (Å²) in [6.45, 7) is 1.54. The van der Waals surface area contributed by atoms with E-state index in [-0.39, 0.29) is 24.5 Å². The summed E-state index contributed by atoms with van der Waals surface area (Å²) in [5, 5.41) is 7.02. The van der Waals surface area contributed by atoms with Crippen LogP contribution in [0.2, 0.25) is 5.02 Å². The van der Waals surface area contributed by atoms with Gasteiger partial charge in [0.05, 0.1) is 11.6 Å². The Bertz CT molecular complexity index is 1100. The molecule has 0 radical (unpaired) electrons. The number of ether oxygens (including phenoxy) is 1. The van der Waals surface area contributed by atoms with E-state index in [1.165, 1.54) is 6.07 Å². The van der Waals surface area contributed by atoms with Crippen molar-refractivity contribution in [3.05, 3.63) is 70.4 Å². The highest BCUT2D eigenvalue weighted by molar-refractivity contribution is 6.33. The molecule has 3 aromatic rings. The Kier molecular flexibility index (Phi) is 6.47. The molecule has 1 heterocycles. The van der Waals surface area contributed by atoms with Crippen molar-refractivity contribution in [2.45, 2.75) is 6.92 Å². The predicted molar refractivity (Wildman–Crippen MR) is 104 cm³/mol. The summed E-state index contributed by atoms with van der Waals surface area (Å²) in [7, 11) is 0. The fraction of sp³-hybridized carbons (Fsp3) is 0.143. The molecular formula is C21H15ClF2N2O3. The van der Waals surface area contributed by atoms with Crippen LogP contribution in [0.25, 0.3) is 11.3 Å². The molecule has 2 aromatic carbocycles. The van der Waals surface area contributed by atoms with Crippen molar-refractivity contribution in [2.24, 2.45) is 0 Å².